The summed E-state index contributed by atoms with van der Waals surface area (Å²) in [5.41, 5.74) is -2.27. The average Bonchev–Trinajstić information content (AvgIpc) is 3.33. The van der Waals surface area contributed by atoms with Crippen LogP contribution in [0, 0.1) is 56.2 Å². The molecule has 3 aliphatic heterocycles. The van der Waals surface area contributed by atoms with Gasteiger partial charge in [-0.3, -0.25) is 5.41 Å². The van der Waals surface area contributed by atoms with Crippen molar-refractivity contribution in [2.45, 2.75) is 36.9 Å². The molecule has 0 radical (unpaired) electrons. The van der Waals surface area contributed by atoms with Crippen LogP contribution in [0.2, 0.25) is 0 Å². The number of nitriles is 3. The minimum atomic E-state index is -1.99. The molecule has 1 aliphatic carbocycles. The number of ether oxygens (including phenoxy) is 4. The number of benzene rings is 1. The van der Waals surface area contributed by atoms with Gasteiger partial charge >= 0.3 is 0 Å². The molecule has 4 unspecified atom stereocenters. The van der Waals surface area contributed by atoms with Gasteiger partial charge in [0.1, 0.15) is 6.10 Å². The summed E-state index contributed by atoms with van der Waals surface area (Å²) in [6.45, 7) is 0.863. The van der Waals surface area contributed by atoms with Crippen LogP contribution in [-0.4, -0.2) is 44.8 Å². The molecule has 1 aromatic carbocycles. The predicted octanol–water partition coefficient (Wildman–Crippen LogP) is 2.61. The van der Waals surface area contributed by atoms with Gasteiger partial charge in [0.15, 0.2) is 11.2 Å². The third-order valence-corrected chi connectivity index (χ3v) is 7.44. The fourth-order valence-electron chi connectivity index (χ4n) is 5.80. The Balaban J connectivity index is 1.68. The van der Waals surface area contributed by atoms with Crippen LogP contribution in [0.5, 0.6) is 0 Å². The zero-order valence-electron chi connectivity index (χ0n) is 17.9. The van der Waals surface area contributed by atoms with Gasteiger partial charge in [-0.05, 0) is 17.7 Å². The number of rotatable bonds is 2. The van der Waals surface area contributed by atoms with Gasteiger partial charge in [0, 0.05) is 39.0 Å². The number of anilines is 1. The van der Waals surface area contributed by atoms with Gasteiger partial charge in [0.25, 0.3) is 0 Å². The monoisotopic (exact) mass is 433 g/mol. The van der Waals surface area contributed by atoms with Crippen LogP contribution in [0.1, 0.15) is 30.9 Å². The van der Waals surface area contributed by atoms with E-state index in [1.54, 1.807) is 12.1 Å². The first-order valence-corrected chi connectivity index (χ1v) is 10.6. The van der Waals surface area contributed by atoms with Crippen molar-refractivity contribution in [3.05, 3.63) is 29.8 Å². The lowest BCUT2D eigenvalue weighted by molar-refractivity contribution is -0.330. The predicted molar refractivity (Wildman–Crippen MR) is 110 cm³/mol. The fourth-order valence-corrected chi connectivity index (χ4v) is 5.80. The van der Waals surface area contributed by atoms with Crippen molar-refractivity contribution < 1.29 is 18.9 Å². The smallest absolute Gasteiger partial charge is 0.218 e. The van der Waals surface area contributed by atoms with Gasteiger partial charge in [-0.1, -0.05) is 12.1 Å². The van der Waals surface area contributed by atoms with Gasteiger partial charge < -0.3 is 23.8 Å². The molecule has 0 aromatic heterocycles. The van der Waals surface area contributed by atoms with E-state index in [9.17, 15) is 15.8 Å². The Morgan fingerprint density at radius 3 is 2.22 bits per heavy atom. The summed E-state index contributed by atoms with van der Waals surface area (Å²) in [6.07, 6.45) is -0.0633. The van der Waals surface area contributed by atoms with Crippen LogP contribution in [0.3, 0.4) is 0 Å². The Kier molecular flexibility index (Phi) is 4.32. The summed E-state index contributed by atoms with van der Waals surface area (Å²) in [5, 5.41) is 39.9. The van der Waals surface area contributed by atoms with Crippen LogP contribution >= 0.6 is 0 Å². The topological polar surface area (TPSA) is 135 Å². The highest BCUT2D eigenvalue weighted by molar-refractivity contribution is 5.89. The maximum absolute atomic E-state index is 10.5. The SMILES string of the molecule is CN(C)c1ccc(C2OC34CCC5(CC3C(C#N)(C(=N)O4)C2(C#N)C#N)OCCO5)cc1. The minimum absolute atomic E-state index is 0.209. The molecular weight excluding hydrogens is 410 g/mol. The highest BCUT2D eigenvalue weighted by Gasteiger charge is 2.82. The van der Waals surface area contributed by atoms with Crippen molar-refractivity contribution >= 4 is 11.6 Å². The van der Waals surface area contributed by atoms with Gasteiger partial charge in [0.2, 0.25) is 17.1 Å². The largest absolute Gasteiger partial charge is 0.447 e. The average molecular weight is 433 g/mol. The van der Waals surface area contributed by atoms with Gasteiger partial charge in [-0.2, -0.15) is 15.8 Å². The maximum atomic E-state index is 10.5. The molecule has 32 heavy (non-hydrogen) atoms. The van der Waals surface area contributed by atoms with Crippen LogP contribution in [0.25, 0.3) is 0 Å². The fraction of sp³-hybridized carbons (Fsp3) is 0.565. The van der Waals surface area contributed by atoms with E-state index in [0.717, 1.165) is 5.69 Å². The van der Waals surface area contributed by atoms with Gasteiger partial charge in [0.05, 0.1) is 37.3 Å². The Morgan fingerprint density at radius 1 is 1.00 bits per heavy atom. The van der Waals surface area contributed by atoms with Crippen LogP contribution in [-0.2, 0) is 18.9 Å². The molecule has 1 spiro atoms. The molecule has 1 aromatic rings. The lowest BCUT2D eigenvalue weighted by Gasteiger charge is -2.54. The van der Waals surface area contributed by atoms with E-state index < -0.39 is 40.3 Å². The molecule has 4 aliphatic rings. The second-order valence-electron chi connectivity index (χ2n) is 9.04. The Morgan fingerprint density at radius 2 is 1.66 bits per heavy atom. The van der Waals surface area contributed by atoms with Crippen molar-refractivity contribution in [1.29, 1.82) is 21.2 Å². The molecular formula is C23H23N5O4. The van der Waals surface area contributed by atoms with Crippen molar-refractivity contribution in [2.24, 2.45) is 16.7 Å². The van der Waals surface area contributed by atoms with E-state index in [1.807, 2.05) is 31.1 Å². The normalized spacial score (nSPS) is 35.8. The Hall–Kier alpha value is -3.16. The first-order chi connectivity index (χ1) is 15.3. The zero-order valence-corrected chi connectivity index (χ0v) is 17.9. The van der Waals surface area contributed by atoms with Crippen molar-refractivity contribution in [3.8, 4) is 18.2 Å². The molecule has 9 heteroatoms. The second-order valence-corrected chi connectivity index (χ2v) is 9.04. The van der Waals surface area contributed by atoms with Gasteiger partial charge in [-0.15, -0.1) is 0 Å². The molecule has 0 amide bonds. The number of hydrogen-bond donors (Lipinski definition) is 1. The Bertz CT molecular complexity index is 1080. The van der Waals surface area contributed by atoms with Crippen molar-refractivity contribution in [3.63, 3.8) is 0 Å². The minimum Gasteiger partial charge on any atom is -0.447 e. The third-order valence-electron chi connectivity index (χ3n) is 7.44. The van der Waals surface area contributed by atoms with Crippen LogP contribution < -0.4 is 4.90 Å². The number of nitrogens with one attached hydrogen (secondary N) is 1. The van der Waals surface area contributed by atoms with Crippen molar-refractivity contribution in [1.82, 2.24) is 0 Å². The van der Waals surface area contributed by atoms with E-state index in [4.69, 9.17) is 24.4 Å². The summed E-state index contributed by atoms with van der Waals surface area (Å²) in [4.78, 5) is 1.93. The summed E-state index contributed by atoms with van der Waals surface area (Å²) in [6, 6.07) is 13.7. The summed E-state index contributed by atoms with van der Waals surface area (Å²) >= 11 is 0. The molecule has 1 saturated carbocycles. The highest BCUT2D eigenvalue weighted by Crippen LogP contribution is 2.70. The van der Waals surface area contributed by atoms with E-state index in [2.05, 4.69) is 18.2 Å². The first kappa shape index (κ1) is 20.7. The molecule has 1 N–H and O–H groups in total. The highest BCUT2D eigenvalue weighted by atomic mass is 16.7. The molecule has 5 rings (SSSR count). The standard InChI is InChI=1S/C23H23N5O4/c1-28(2)16-5-3-15(4-6-16)18-20(12-24,13-25)22(14-26)17-11-21(29-9-10-30-21)7-8-23(17,31-18)32-19(22)27/h3-6,17-18,27H,7-11H2,1-2H3. The molecule has 164 valence electrons. The van der Waals surface area contributed by atoms with E-state index >= 15 is 0 Å². The zero-order chi connectivity index (χ0) is 22.8. The van der Waals surface area contributed by atoms with Crippen LogP contribution in [0.4, 0.5) is 5.69 Å². The molecule has 3 saturated heterocycles. The quantitative estimate of drug-likeness (QED) is 0.752. The van der Waals surface area contributed by atoms with E-state index in [0.29, 0.717) is 31.6 Å². The molecule has 3 heterocycles. The number of hydrogen-bond acceptors (Lipinski definition) is 9. The lowest BCUT2D eigenvalue weighted by atomic mass is 9.51. The first-order valence-electron chi connectivity index (χ1n) is 10.6. The second kappa shape index (κ2) is 6.67. The van der Waals surface area contributed by atoms with E-state index in [1.165, 1.54) is 0 Å². The Labute approximate surface area is 186 Å². The summed E-state index contributed by atoms with van der Waals surface area (Å²) in [5.74, 6) is -3.36. The molecule has 4 fully saturated rings. The number of nitrogens with zero attached hydrogens (tertiary/aromatic N) is 4. The van der Waals surface area contributed by atoms with E-state index in [-0.39, 0.29) is 6.42 Å². The molecule has 4 atom stereocenters. The summed E-state index contributed by atoms with van der Waals surface area (Å²) < 4.78 is 24.2. The van der Waals surface area contributed by atoms with Crippen molar-refractivity contribution in [2.75, 3.05) is 32.2 Å². The summed E-state index contributed by atoms with van der Waals surface area (Å²) in [7, 11) is 3.82. The van der Waals surface area contributed by atoms with Gasteiger partial charge in [-0.25, -0.2) is 0 Å². The third kappa shape index (κ3) is 2.32. The molecule has 2 bridgehead atoms. The maximum Gasteiger partial charge on any atom is 0.218 e. The lowest BCUT2D eigenvalue weighted by Crippen LogP contribution is -2.63. The van der Waals surface area contributed by atoms with Crippen LogP contribution in [0.15, 0.2) is 24.3 Å². The molecule has 9 nitrogen and oxygen atoms in total.